The first-order chi connectivity index (χ1) is 10.3. The Kier molecular flexibility index (Phi) is 3.98. The van der Waals surface area contributed by atoms with E-state index in [9.17, 15) is 5.26 Å². The largest absolute Gasteiger partial charge is 0.490 e. The average Bonchev–Trinajstić information content (AvgIpc) is 2.74. The number of nitrogens with zero attached hydrogens (tertiary/aromatic N) is 1. The molecule has 0 aliphatic carbocycles. The molecule has 0 atom stereocenters. The Morgan fingerprint density at radius 3 is 2.67 bits per heavy atom. The van der Waals surface area contributed by atoms with E-state index in [0.717, 1.165) is 33.8 Å². The van der Waals surface area contributed by atoms with E-state index in [4.69, 9.17) is 9.47 Å². The third-order valence-corrected chi connectivity index (χ3v) is 3.62. The summed E-state index contributed by atoms with van der Waals surface area (Å²) in [5.41, 5.74) is 2.20. The van der Waals surface area contributed by atoms with Crippen molar-refractivity contribution in [3.63, 3.8) is 0 Å². The summed E-state index contributed by atoms with van der Waals surface area (Å²) in [5.74, 6) is 1.49. The van der Waals surface area contributed by atoms with Crippen molar-refractivity contribution in [1.29, 1.82) is 5.26 Å². The van der Waals surface area contributed by atoms with Gasteiger partial charge in [0.2, 0.25) is 0 Å². The zero-order valence-corrected chi connectivity index (χ0v) is 12.8. The molecule has 0 amide bonds. The number of ether oxygens (including phenoxy) is 2. The van der Waals surface area contributed by atoms with E-state index >= 15 is 0 Å². The molecule has 0 aromatic heterocycles. The number of hydrogen-bond donors (Lipinski definition) is 1. The van der Waals surface area contributed by atoms with E-state index in [1.54, 1.807) is 6.07 Å². The Balaban J connectivity index is 1.89. The van der Waals surface area contributed by atoms with Crippen molar-refractivity contribution in [2.24, 2.45) is 0 Å². The standard InChI is InChI=1S/C16H13BrN2O2/c17-12-2-4-14(11(8-12)10-18)19-13-3-5-15-16(9-13)21-7-1-6-20-15/h2-5,8-9,19H,1,6-7H2. The lowest BCUT2D eigenvalue weighted by Gasteiger charge is -2.12. The fourth-order valence-corrected chi connectivity index (χ4v) is 2.48. The Morgan fingerprint density at radius 2 is 1.86 bits per heavy atom. The van der Waals surface area contributed by atoms with Gasteiger partial charge in [-0.3, -0.25) is 0 Å². The van der Waals surface area contributed by atoms with Gasteiger partial charge in [-0.15, -0.1) is 0 Å². The molecular weight excluding hydrogens is 332 g/mol. The van der Waals surface area contributed by atoms with Crippen molar-refractivity contribution in [1.82, 2.24) is 0 Å². The van der Waals surface area contributed by atoms with E-state index in [0.29, 0.717) is 18.8 Å². The molecule has 1 aliphatic rings. The SMILES string of the molecule is N#Cc1cc(Br)ccc1Nc1ccc2c(c1)OCCCO2. The smallest absolute Gasteiger partial charge is 0.163 e. The summed E-state index contributed by atoms with van der Waals surface area (Å²) in [7, 11) is 0. The Bertz CT molecular complexity index is 710. The van der Waals surface area contributed by atoms with Crippen LogP contribution in [0.15, 0.2) is 40.9 Å². The molecule has 0 unspecified atom stereocenters. The Labute approximate surface area is 131 Å². The molecule has 4 nitrogen and oxygen atoms in total. The predicted molar refractivity (Wildman–Crippen MR) is 84.2 cm³/mol. The van der Waals surface area contributed by atoms with Crippen molar-refractivity contribution in [2.75, 3.05) is 18.5 Å². The number of benzene rings is 2. The first-order valence-corrected chi connectivity index (χ1v) is 7.42. The third kappa shape index (κ3) is 3.11. The summed E-state index contributed by atoms with van der Waals surface area (Å²) in [5, 5.41) is 12.4. The molecular formula is C16H13BrN2O2. The molecule has 0 saturated heterocycles. The Morgan fingerprint density at radius 1 is 1.05 bits per heavy atom. The first kappa shape index (κ1) is 13.8. The maximum atomic E-state index is 9.19. The highest BCUT2D eigenvalue weighted by Crippen LogP contribution is 2.34. The minimum atomic E-state index is 0.580. The van der Waals surface area contributed by atoms with Gasteiger partial charge in [-0.25, -0.2) is 0 Å². The maximum Gasteiger partial charge on any atom is 0.163 e. The zero-order chi connectivity index (χ0) is 14.7. The number of anilines is 2. The van der Waals surface area contributed by atoms with Crippen LogP contribution in [0.1, 0.15) is 12.0 Å². The van der Waals surface area contributed by atoms with Gasteiger partial charge in [0.1, 0.15) is 6.07 Å². The van der Waals surface area contributed by atoms with Gasteiger partial charge >= 0.3 is 0 Å². The number of hydrogen-bond acceptors (Lipinski definition) is 4. The molecule has 1 N–H and O–H groups in total. The number of fused-ring (bicyclic) bond motifs is 1. The molecule has 21 heavy (non-hydrogen) atoms. The molecule has 2 aromatic carbocycles. The van der Waals surface area contributed by atoms with Crippen LogP contribution in [0.5, 0.6) is 11.5 Å². The van der Waals surface area contributed by atoms with Crippen molar-refractivity contribution in [3.8, 4) is 17.6 Å². The highest BCUT2D eigenvalue weighted by atomic mass is 79.9. The van der Waals surface area contributed by atoms with E-state index in [1.807, 2.05) is 30.3 Å². The van der Waals surface area contributed by atoms with Gasteiger partial charge in [-0.1, -0.05) is 15.9 Å². The third-order valence-electron chi connectivity index (χ3n) is 3.13. The molecule has 3 rings (SSSR count). The molecule has 2 aromatic rings. The van der Waals surface area contributed by atoms with Crippen LogP contribution in [-0.2, 0) is 0 Å². The lowest BCUT2D eigenvalue weighted by molar-refractivity contribution is 0.297. The van der Waals surface area contributed by atoms with Crippen LogP contribution in [-0.4, -0.2) is 13.2 Å². The van der Waals surface area contributed by atoms with Crippen LogP contribution in [0.3, 0.4) is 0 Å². The second-order valence-electron chi connectivity index (χ2n) is 4.64. The lowest BCUT2D eigenvalue weighted by Crippen LogP contribution is -1.97. The van der Waals surface area contributed by atoms with E-state index in [2.05, 4.69) is 27.3 Å². The van der Waals surface area contributed by atoms with Gasteiger partial charge in [0, 0.05) is 22.6 Å². The molecule has 106 valence electrons. The quantitative estimate of drug-likeness (QED) is 0.885. The van der Waals surface area contributed by atoms with Crippen LogP contribution in [0, 0.1) is 11.3 Å². The molecule has 0 spiro atoms. The van der Waals surface area contributed by atoms with Crippen molar-refractivity contribution in [2.45, 2.75) is 6.42 Å². The van der Waals surface area contributed by atoms with Gasteiger partial charge in [0.05, 0.1) is 24.5 Å². The average molecular weight is 345 g/mol. The van der Waals surface area contributed by atoms with Crippen molar-refractivity contribution >= 4 is 27.3 Å². The number of nitriles is 1. The summed E-state index contributed by atoms with van der Waals surface area (Å²) in [4.78, 5) is 0. The van der Waals surface area contributed by atoms with Gasteiger partial charge in [0.25, 0.3) is 0 Å². The molecule has 0 radical (unpaired) electrons. The molecule has 0 fully saturated rings. The first-order valence-electron chi connectivity index (χ1n) is 6.62. The summed E-state index contributed by atoms with van der Waals surface area (Å²) in [6, 6.07) is 13.4. The minimum Gasteiger partial charge on any atom is -0.490 e. The van der Waals surface area contributed by atoms with Gasteiger partial charge < -0.3 is 14.8 Å². The van der Waals surface area contributed by atoms with Crippen LogP contribution in [0.2, 0.25) is 0 Å². The second-order valence-corrected chi connectivity index (χ2v) is 5.55. The zero-order valence-electron chi connectivity index (χ0n) is 11.2. The normalized spacial score (nSPS) is 13.1. The van der Waals surface area contributed by atoms with Gasteiger partial charge in [0.15, 0.2) is 11.5 Å². The summed E-state index contributed by atoms with van der Waals surface area (Å²) >= 11 is 3.37. The van der Waals surface area contributed by atoms with Crippen LogP contribution >= 0.6 is 15.9 Å². The summed E-state index contributed by atoms with van der Waals surface area (Å²) in [6.07, 6.45) is 0.878. The molecule has 5 heteroatoms. The highest BCUT2D eigenvalue weighted by Gasteiger charge is 2.11. The number of halogens is 1. The topological polar surface area (TPSA) is 54.3 Å². The van der Waals surface area contributed by atoms with Gasteiger partial charge in [-0.05, 0) is 30.3 Å². The van der Waals surface area contributed by atoms with E-state index in [-0.39, 0.29) is 0 Å². The monoisotopic (exact) mass is 344 g/mol. The van der Waals surface area contributed by atoms with Crippen LogP contribution in [0.25, 0.3) is 0 Å². The van der Waals surface area contributed by atoms with Crippen LogP contribution in [0.4, 0.5) is 11.4 Å². The lowest BCUT2D eigenvalue weighted by atomic mass is 10.2. The number of nitrogens with one attached hydrogen (secondary N) is 1. The van der Waals surface area contributed by atoms with E-state index in [1.165, 1.54) is 0 Å². The molecule has 1 heterocycles. The van der Waals surface area contributed by atoms with Crippen molar-refractivity contribution in [3.05, 3.63) is 46.4 Å². The fraction of sp³-hybridized carbons (Fsp3) is 0.188. The van der Waals surface area contributed by atoms with Gasteiger partial charge in [-0.2, -0.15) is 5.26 Å². The summed E-state index contributed by atoms with van der Waals surface area (Å²) in [6.45, 7) is 1.32. The number of rotatable bonds is 2. The fourth-order valence-electron chi connectivity index (χ4n) is 2.11. The highest BCUT2D eigenvalue weighted by molar-refractivity contribution is 9.10. The maximum absolute atomic E-state index is 9.19. The molecule has 0 saturated carbocycles. The van der Waals surface area contributed by atoms with E-state index < -0.39 is 0 Å². The minimum absolute atomic E-state index is 0.580. The van der Waals surface area contributed by atoms with Crippen LogP contribution < -0.4 is 14.8 Å². The molecule has 0 bridgehead atoms. The van der Waals surface area contributed by atoms with Crippen molar-refractivity contribution < 1.29 is 9.47 Å². The molecule has 1 aliphatic heterocycles. The second kappa shape index (κ2) is 6.06. The predicted octanol–water partition coefficient (Wildman–Crippen LogP) is 4.23. The Hall–Kier alpha value is -2.19. The summed E-state index contributed by atoms with van der Waals surface area (Å²) < 4.78 is 12.1.